The van der Waals surface area contributed by atoms with E-state index in [4.69, 9.17) is 16.3 Å². The van der Waals surface area contributed by atoms with Gasteiger partial charge in [-0.15, -0.1) is 0 Å². The highest BCUT2D eigenvalue weighted by Gasteiger charge is 2.74. The van der Waals surface area contributed by atoms with Crippen LogP contribution in [0.3, 0.4) is 0 Å². The lowest BCUT2D eigenvalue weighted by Crippen LogP contribution is -2.56. The van der Waals surface area contributed by atoms with Crippen molar-refractivity contribution in [2.24, 2.45) is 11.8 Å². The molecule has 6 rings (SSSR count). The standard InChI is InChI=1S/C33H36ClN3O5/c1-22-11-8-14-24(34)27(22)36-19-10-16-33-26(30(40)37(18-6-7-20-38)28(33)31(36)41)25-29(39)35(17-9-15-32(25,2)42-33)21-23-12-4-3-5-13-23/h3-5,8-16,25-26,28,38H,6-7,17-21H2,1-2H3/t25-,26+,28?,32+,33+/m1/s1. The Morgan fingerprint density at radius 2 is 1.69 bits per heavy atom. The second kappa shape index (κ2) is 11.0. The molecule has 0 aliphatic carbocycles. The highest BCUT2D eigenvalue weighted by molar-refractivity contribution is 6.34. The highest BCUT2D eigenvalue weighted by atomic mass is 35.5. The maximum atomic E-state index is 14.6. The fourth-order valence-corrected chi connectivity index (χ4v) is 7.64. The minimum atomic E-state index is -1.34. The third-order valence-electron chi connectivity index (χ3n) is 9.12. The number of halogens is 1. The van der Waals surface area contributed by atoms with Gasteiger partial charge in [-0.25, -0.2) is 0 Å². The molecule has 2 aromatic carbocycles. The normalized spacial score (nSPS) is 30.3. The molecule has 1 N–H and O–H groups in total. The van der Waals surface area contributed by atoms with Gasteiger partial charge in [0.15, 0.2) is 0 Å². The van der Waals surface area contributed by atoms with E-state index in [9.17, 15) is 19.5 Å². The Kier molecular flexibility index (Phi) is 7.50. The van der Waals surface area contributed by atoms with Crippen LogP contribution in [0.15, 0.2) is 72.8 Å². The Morgan fingerprint density at radius 1 is 0.929 bits per heavy atom. The fourth-order valence-electron chi connectivity index (χ4n) is 7.32. The molecule has 42 heavy (non-hydrogen) atoms. The summed E-state index contributed by atoms with van der Waals surface area (Å²) in [7, 11) is 0. The summed E-state index contributed by atoms with van der Waals surface area (Å²) in [6.07, 6.45) is 8.53. The molecule has 1 unspecified atom stereocenters. The fraction of sp³-hybridized carbons (Fsp3) is 0.424. The minimum Gasteiger partial charge on any atom is -0.396 e. The van der Waals surface area contributed by atoms with Gasteiger partial charge < -0.3 is 24.5 Å². The summed E-state index contributed by atoms with van der Waals surface area (Å²) < 4.78 is 6.91. The van der Waals surface area contributed by atoms with E-state index in [2.05, 4.69) is 0 Å². The number of benzene rings is 2. The number of aliphatic hydroxyl groups excluding tert-OH is 1. The van der Waals surface area contributed by atoms with Crippen LogP contribution in [0.4, 0.5) is 5.69 Å². The van der Waals surface area contributed by atoms with Gasteiger partial charge >= 0.3 is 0 Å². The van der Waals surface area contributed by atoms with Crippen molar-refractivity contribution in [3.63, 3.8) is 0 Å². The van der Waals surface area contributed by atoms with Crippen LogP contribution in [0, 0.1) is 18.8 Å². The van der Waals surface area contributed by atoms with Crippen LogP contribution in [0.1, 0.15) is 30.9 Å². The maximum absolute atomic E-state index is 14.6. The Hall–Kier alpha value is -3.46. The van der Waals surface area contributed by atoms with E-state index in [1.165, 1.54) is 0 Å². The van der Waals surface area contributed by atoms with Gasteiger partial charge in [0, 0.05) is 32.8 Å². The van der Waals surface area contributed by atoms with Crippen LogP contribution >= 0.6 is 11.6 Å². The number of amides is 3. The van der Waals surface area contributed by atoms with Gasteiger partial charge in [-0.2, -0.15) is 0 Å². The van der Waals surface area contributed by atoms with Crippen molar-refractivity contribution < 1.29 is 24.2 Å². The first-order chi connectivity index (χ1) is 20.2. The van der Waals surface area contributed by atoms with E-state index in [-0.39, 0.29) is 37.4 Å². The van der Waals surface area contributed by atoms with Gasteiger partial charge in [-0.05, 0) is 43.9 Å². The van der Waals surface area contributed by atoms with Crippen molar-refractivity contribution in [3.8, 4) is 0 Å². The third kappa shape index (κ3) is 4.48. The number of hydrogen-bond donors (Lipinski definition) is 1. The number of rotatable bonds is 7. The van der Waals surface area contributed by atoms with Crippen molar-refractivity contribution >= 4 is 35.0 Å². The Bertz CT molecular complexity index is 1440. The van der Waals surface area contributed by atoms with Gasteiger partial charge in [-0.3, -0.25) is 14.4 Å². The van der Waals surface area contributed by atoms with Crippen LogP contribution in [0.25, 0.3) is 0 Å². The molecule has 4 aliphatic rings. The number of likely N-dealkylation sites (tertiary alicyclic amines) is 1. The van der Waals surface area contributed by atoms with Crippen LogP contribution in [0.2, 0.25) is 5.02 Å². The largest absolute Gasteiger partial charge is 0.396 e. The number of ether oxygens (including phenoxy) is 1. The lowest BCUT2D eigenvalue weighted by Gasteiger charge is -2.37. The number of hydrogen-bond acceptors (Lipinski definition) is 5. The molecule has 5 atom stereocenters. The number of para-hydroxylation sites is 1. The molecule has 4 heterocycles. The number of aliphatic hydroxyl groups is 1. The van der Waals surface area contributed by atoms with E-state index in [0.29, 0.717) is 36.6 Å². The van der Waals surface area contributed by atoms with Crippen LogP contribution in [-0.2, 0) is 25.7 Å². The number of fused-ring (bicyclic) bond motifs is 2. The monoisotopic (exact) mass is 589 g/mol. The smallest absolute Gasteiger partial charge is 0.253 e. The molecule has 4 aliphatic heterocycles. The number of anilines is 1. The molecule has 2 saturated heterocycles. The Balaban J connectivity index is 1.44. The molecule has 0 bridgehead atoms. The third-order valence-corrected chi connectivity index (χ3v) is 9.43. The van der Waals surface area contributed by atoms with Crippen LogP contribution in [0.5, 0.6) is 0 Å². The zero-order chi connectivity index (χ0) is 29.6. The molecule has 9 heteroatoms. The number of carbonyl (C=O) groups excluding carboxylic acids is 3. The van der Waals surface area contributed by atoms with Crippen molar-refractivity contribution in [1.82, 2.24) is 9.80 Å². The molecule has 8 nitrogen and oxygen atoms in total. The summed E-state index contributed by atoms with van der Waals surface area (Å²) in [5.41, 5.74) is 0.00533. The molecule has 2 fully saturated rings. The first-order valence-electron chi connectivity index (χ1n) is 14.6. The van der Waals surface area contributed by atoms with E-state index >= 15 is 0 Å². The van der Waals surface area contributed by atoms with E-state index < -0.39 is 29.1 Å². The summed E-state index contributed by atoms with van der Waals surface area (Å²) in [6.45, 7) is 5.05. The summed E-state index contributed by atoms with van der Waals surface area (Å²) in [4.78, 5) is 48.4. The van der Waals surface area contributed by atoms with Crippen LogP contribution < -0.4 is 4.90 Å². The van der Waals surface area contributed by atoms with Crippen molar-refractivity contribution in [2.75, 3.05) is 31.1 Å². The number of unbranched alkanes of at least 4 members (excludes halogenated alkanes) is 1. The molecule has 0 radical (unpaired) electrons. The zero-order valence-corrected chi connectivity index (χ0v) is 24.7. The van der Waals surface area contributed by atoms with Crippen molar-refractivity contribution in [1.29, 1.82) is 0 Å². The number of aryl methyl sites for hydroxylation is 1. The molecule has 1 spiro atoms. The lowest BCUT2D eigenvalue weighted by molar-refractivity contribution is -0.148. The molecule has 0 aromatic heterocycles. The minimum absolute atomic E-state index is 0.0189. The molecular formula is C33H36ClN3O5. The lowest BCUT2D eigenvalue weighted by atomic mass is 9.74. The van der Waals surface area contributed by atoms with Gasteiger partial charge in [0.1, 0.15) is 11.6 Å². The quantitative estimate of drug-likeness (QED) is 0.391. The maximum Gasteiger partial charge on any atom is 0.253 e. The second-order valence-corrected chi connectivity index (χ2v) is 12.2. The van der Waals surface area contributed by atoms with Crippen LogP contribution in [-0.4, -0.2) is 76.1 Å². The van der Waals surface area contributed by atoms with Crippen molar-refractivity contribution in [3.05, 3.63) is 89.0 Å². The Morgan fingerprint density at radius 3 is 2.43 bits per heavy atom. The highest BCUT2D eigenvalue weighted by Crippen LogP contribution is 2.57. The predicted molar refractivity (Wildman–Crippen MR) is 160 cm³/mol. The summed E-state index contributed by atoms with van der Waals surface area (Å²) in [5, 5.41) is 9.91. The summed E-state index contributed by atoms with van der Waals surface area (Å²) in [5.74, 6) is -2.44. The van der Waals surface area contributed by atoms with Crippen molar-refractivity contribution in [2.45, 2.75) is 50.5 Å². The average Bonchev–Trinajstić information content (AvgIpc) is 3.23. The van der Waals surface area contributed by atoms with E-state index in [1.807, 2.05) is 80.6 Å². The van der Waals surface area contributed by atoms with E-state index in [1.54, 1.807) is 20.8 Å². The summed E-state index contributed by atoms with van der Waals surface area (Å²) in [6, 6.07) is 14.3. The Labute approximate surface area is 251 Å². The average molecular weight is 590 g/mol. The summed E-state index contributed by atoms with van der Waals surface area (Å²) >= 11 is 6.63. The first-order valence-corrected chi connectivity index (χ1v) is 15.0. The topological polar surface area (TPSA) is 90.4 Å². The first kappa shape index (κ1) is 28.6. The van der Waals surface area contributed by atoms with Gasteiger partial charge in [0.05, 0.1) is 28.1 Å². The van der Waals surface area contributed by atoms with Gasteiger partial charge in [0.25, 0.3) is 5.91 Å². The van der Waals surface area contributed by atoms with Gasteiger partial charge in [-0.1, -0.05) is 78.4 Å². The molecule has 3 amide bonds. The molecule has 0 saturated carbocycles. The zero-order valence-electron chi connectivity index (χ0n) is 23.9. The number of nitrogens with zero attached hydrogens (tertiary/aromatic N) is 3. The molecule has 220 valence electrons. The molecule has 2 aromatic rings. The number of carbonyl (C=O) groups is 3. The van der Waals surface area contributed by atoms with Gasteiger partial charge in [0.2, 0.25) is 11.8 Å². The molecular weight excluding hydrogens is 554 g/mol. The predicted octanol–water partition coefficient (Wildman–Crippen LogP) is 3.89. The SMILES string of the molecule is Cc1cccc(Cl)c1N1CC=C[C@]23O[C@@]4(C)C=CCN(Cc5ccccc5)C(=O)[C@H]4[C@H]2C(=O)N(CCCCO)C3C1=O. The second-order valence-electron chi connectivity index (χ2n) is 11.8. The van der Waals surface area contributed by atoms with E-state index in [0.717, 1.165) is 11.1 Å².